The van der Waals surface area contributed by atoms with Gasteiger partial charge in [-0.25, -0.2) is 4.98 Å². The predicted molar refractivity (Wildman–Crippen MR) is 82.0 cm³/mol. The van der Waals surface area contributed by atoms with E-state index in [1.807, 2.05) is 6.92 Å². The van der Waals surface area contributed by atoms with Crippen LogP contribution in [0.5, 0.6) is 0 Å². The summed E-state index contributed by atoms with van der Waals surface area (Å²) < 4.78 is 0. The van der Waals surface area contributed by atoms with E-state index in [1.54, 1.807) is 0 Å². The van der Waals surface area contributed by atoms with Crippen LogP contribution in [0.4, 0.5) is 0 Å². The number of hydrogen-bond acceptors (Lipinski definition) is 5. The first-order valence-electron chi connectivity index (χ1n) is 7.38. The second-order valence-electron chi connectivity index (χ2n) is 5.34. The molecule has 1 saturated carbocycles. The van der Waals surface area contributed by atoms with Gasteiger partial charge in [0.25, 0.3) is 5.91 Å². The Hall–Kier alpha value is -1.47. The van der Waals surface area contributed by atoms with Crippen LogP contribution in [0, 0.1) is 6.92 Å². The van der Waals surface area contributed by atoms with E-state index in [4.69, 9.17) is 5.73 Å². The molecule has 0 radical (unpaired) electrons. The summed E-state index contributed by atoms with van der Waals surface area (Å²) in [6.07, 6.45) is 6.25. The van der Waals surface area contributed by atoms with E-state index in [9.17, 15) is 9.59 Å². The highest BCUT2D eigenvalue weighted by Gasteiger charge is 2.23. The van der Waals surface area contributed by atoms with Gasteiger partial charge in [-0.2, -0.15) is 0 Å². The van der Waals surface area contributed by atoms with Gasteiger partial charge >= 0.3 is 0 Å². The van der Waals surface area contributed by atoms with Crippen LogP contribution in [0.1, 0.15) is 64.8 Å². The molecule has 1 aromatic rings. The molecule has 0 bridgehead atoms. The second-order valence-corrected chi connectivity index (χ2v) is 6.54. The maximum atomic E-state index is 12.0. The number of carbonyl (C=O) groups is 2. The third-order valence-corrected chi connectivity index (χ3v) is 4.69. The summed E-state index contributed by atoms with van der Waals surface area (Å²) in [5.74, 6) is -0.189. The number of nitrogens with one attached hydrogen (secondary N) is 2. The predicted octanol–water partition coefficient (Wildman–Crippen LogP) is 1.61. The van der Waals surface area contributed by atoms with Crippen molar-refractivity contribution in [2.24, 2.45) is 5.73 Å². The van der Waals surface area contributed by atoms with Crippen molar-refractivity contribution in [2.45, 2.75) is 51.4 Å². The maximum Gasteiger partial charge on any atom is 0.298 e. The Morgan fingerprint density at radius 1 is 1.29 bits per heavy atom. The van der Waals surface area contributed by atoms with Gasteiger partial charge in [-0.3, -0.25) is 20.4 Å². The Balaban J connectivity index is 1.97. The van der Waals surface area contributed by atoms with Crippen LogP contribution >= 0.6 is 11.3 Å². The van der Waals surface area contributed by atoms with Gasteiger partial charge in [0.1, 0.15) is 0 Å². The zero-order chi connectivity index (χ0) is 15.2. The zero-order valence-corrected chi connectivity index (χ0v) is 13.1. The molecule has 2 amide bonds. The van der Waals surface area contributed by atoms with E-state index < -0.39 is 0 Å². The third-order valence-electron chi connectivity index (χ3n) is 3.71. The molecule has 2 rings (SSSR count). The Labute approximate surface area is 128 Å². The largest absolute Gasteiger partial charge is 0.330 e. The number of hydrogen-bond donors (Lipinski definition) is 3. The molecule has 0 aromatic carbocycles. The summed E-state index contributed by atoms with van der Waals surface area (Å²) in [7, 11) is 0. The van der Waals surface area contributed by atoms with Crippen molar-refractivity contribution in [1.29, 1.82) is 0 Å². The van der Waals surface area contributed by atoms with Gasteiger partial charge in [0.05, 0.1) is 5.69 Å². The first-order valence-corrected chi connectivity index (χ1v) is 8.20. The van der Waals surface area contributed by atoms with Crippen LogP contribution in [-0.4, -0.2) is 23.3 Å². The van der Waals surface area contributed by atoms with Crippen molar-refractivity contribution in [2.75, 3.05) is 6.54 Å². The number of nitrogens with two attached hydrogens (primary N) is 1. The molecule has 21 heavy (non-hydrogen) atoms. The molecular weight excluding hydrogens is 288 g/mol. The lowest BCUT2D eigenvalue weighted by Crippen LogP contribution is -2.42. The van der Waals surface area contributed by atoms with Gasteiger partial charge in [0, 0.05) is 23.8 Å². The number of rotatable bonds is 4. The molecule has 6 nitrogen and oxygen atoms in total. The molecular formula is C14H22N4O2S. The Kier molecular flexibility index (Phi) is 5.69. The number of hydrazine groups is 1. The van der Waals surface area contributed by atoms with Crippen LogP contribution in [0.15, 0.2) is 0 Å². The molecule has 0 spiro atoms. The number of nitrogens with zero attached hydrogens (tertiary/aromatic N) is 1. The summed E-state index contributed by atoms with van der Waals surface area (Å²) in [6, 6.07) is 0. The molecule has 1 aliphatic rings. The quantitative estimate of drug-likeness (QED) is 0.736. The molecule has 1 fully saturated rings. The van der Waals surface area contributed by atoms with Gasteiger partial charge in [0.2, 0.25) is 5.91 Å². The lowest BCUT2D eigenvalue weighted by atomic mass is 9.86. The molecule has 1 heterocycles. The zero-order valence-electron chi connectivity index (χ0n) is 12.3. The minimum atomic E-state index is -0.365. The Morgan fingerprint density at radius 3 is 2.67 bits per heavy atom. The standard InChI is InChI=1S/C14H22N4O2S/c1-9-12(10-5-3-2-4-6-10)16-14(21-9)13(20)18-17-11(19)7-8-15/h10H,2-8,15H2,1H3,(H,17,19)(H,18,20). The Bertz CT molecular complexity index is 509. The van der Waals surface area contributed by atoms with E-state index in [1.165, 1.54) is 30.6 Å². The summed E-state index contributed by atoms with van der Waals surface area (Å²) in [5.41, 5.74) is 11.0. The number of amides is 2. The summed E-state index contributed by atoms with van der Waals surface area (Å²) >= 11 is 1.38. The topological polar surface area (TPSA) is 97.1 Å². The van der Waals surface area contributed by atoms with E-state index in [0.29, 0.717) is 10.9 Å². The molecule has 0 saturated heterocycles. The molecule has 0 unspecified atom stereocenters. The first-order chi connectivity index (χ1) is 10.1. The van der Waals surface area contributed by atoms with Crippen molar-refractivity contribution in [1.82, 2.24) is 15.8 Å². The maximum absolute atomic E-state index is 12.0. The fraction of sp³-hybridized carbons (Fsp3) is 0.643. The second kappa shape index (κ2) is 7.51. The van der Waals surface area contributed by atoms with Crippen molar-refractivity contribution in [3.05, 3.63) is 15.6 Å². The van der Waals surface area contributed by atoms with Crippen LogP contribution < -0.4 is 16.6 Å². The van der Waals surface area contributed by atoms with E-state index in [0.717, 1.165) is 23.4 Å². The first kappa shape index (κ1) is 15.9. The third kappa shape index (κ3) is 4.25. The SMILES string of the molecule is Cc1sc(C(=O)NNC(=O)CCN)nc1C1CCCCC1. The highest BCUT2D eigenvalue weighted by Crippen LogP contribution is 2.35. The molecule has 7 heteroatoms. The minimum absolute atomic E-state index is 0.185. The van der Waals surface area contributed by atoms with E-state index in [2.05, 4.69) is 15.8 Å². The number of thiazole rings is 1. The van der Waals surface area contributed by atoms with Crippen LogP contribution in [0.2, 0.25) is 0 Å². The van der Waals surface area contributed by atoms with Gasteiger partial charge in [-0.15, -0.1) is 11.3 Å². The average molecular weight is 310 g/mol. The van der Waals surface area contributed by atoms with E-state index >= 15 is 0 Å². The van der Waals surface area contributed by atoms with Gasteiger partial charge in [-0.05, 0) is 19.8 Å². The molecule has 1 aromatic heterocycles. The highest BCUT2D eigenvalue weighted by atomic mass is 32.1. The fourth-order valence-corrected chi connectivity index (χ4v) is 3.53. The Morgan fingerprint density at radius 2 is 2.00 bits per heavy atom. The smallest absolute Gasteiger partial charge is 0.298 e. The summed E-state index contributed by atoms with van der Waals surface area (Å²) in [6.45, 7) is 2.26. The fourth-order valence-electron chi connectivity index (χ4n) is 2.63. The number of aryl methyl sites for hydroxylation is 1. The number of aromatic nitrogens is 1. The van der Waals surface area contributed by atoms with Crippen LogP contribution in [-0.2, 0) is 4.79 Å². The number of carbonyl (C=O) groups excluding carboxylic acids is 2. The highest BCUT2D eigenvalue weighted by molar-refractivity contribution is 7.13. The lowest BCUT2D eigenvalue weighted by molar-refractivity contribution is -0.121. The normalized spacial score (nSPS) is 15.7. The molecule has 0 aliphatic heterocycles. The monoisotopic (exact) mass is 310 g/mol. The molecule has 1 aliphatic carbocycles. The molecule has 4 N–H and O–H groups in total. The van der Waals surface area contributed by atoms with Crippen molar-refractivity contribution >= 4 is 23.2 Å². The van der Waals surface area contributed by atoms with Crippen LogP contribution in [0.25, 0.3) is 0 Å². The minimum Gasteiger partial charge on any atom is -0.330 e. The van der Waals surface area contributed by atoms with Crippen molar-refractivity contribution in [3.8, 4) is 0 Å². The van der Waals surface area contributed by atoms with E-state index in [-0.39, 0.29) is 24.8 Å². The summed E-state index contributed by atoms with van der Waals surface area (Å²) in [5, 5.41) is 0.404. The van der Waals surface area contributed by atoms with Crippen molar-refractivity contribution < 1.29 is 9.59 Å². The lowest BCUT2D eigenvalue weighted by Gasteiger charge is -2.20. The summed E-state index contributed by atoms with van der Waals surface area (Å²) in [4.78, 5) is 28.9. The van der Waals surface area contributed by atoms with Gasteiger partial charge in [0.15, 0.2) is 5.01 Å². The van der Waals surface area contributed by atoms with Gasteiger partial charge in [-0.1, -0.05) is 19.3 Å². The van der Waals surface area contributed by atoms with Gasteiger partial charge < -0.3 is 5.73 Å². The van der Waals surface area contributed by atoms with Crippen LogP contribution in [0.3, 0.4) is 0 Å². The molecule has 116 valence electrons. The van der Waals surface area contributed by atoms with Crippen molar-refractivity contribution in [3.63, 3.8) is 0 Å². The average Bonchev–Trinajstić information content (AvgIpc) is 2.88. The molecule has 0 atom stereocenters.